The molecule has 0 aliphatic heterocycles. The zero-order valence-electron chi connectivity index (χ0n) is 11.0. The first-order valence-corrected chi connectivity index (χ1v) is 9.07. The number of hydrogen-bond donors (Lipinski definition) is 2. The van der Waals surface area contributed by atoms with Crippen LogP contribution in [0.5, 0.6) is 0 Å². The van der Waals surface area contributed by atoms with Crippen LogP contribution >= 0.6 is 11.6 Å². The Morgan fingerprint density at radius 2 is 1.91 bits per heavy atom. The molecule has 1 atom stereocenters. The molecule has 0 bridgehead atoms. The molecule has 0 fully saturated rings. The molecule has 0 aliphatic carbocycles. The van der Waals surface area contributed by atoms with E-state index < -0.39 is 31.8 Å². The van der Waals surface area contributed by atoms with Gasteiger partial charge in [-0.3, -0.25) is 0 Å². The highest BCUT2D eigenvalue weighted by molar-refractivity contribution is 7.89. The van der Waals surface area contributed by atoms with Crippen molar-refractivity contribution in [3.05, 3.63) is 52.8 Å². The molecule has 1 unspecified atom stereocenters. The third-order valence-electron chi connectivity index (χ3n) is 2.90. The lowest BCUT2D eigenvalue weighted by Crippen LogP contribution is -2.14. The Balaban J connectivity index is 2.59. The molecule has 0 spiro atoms. The smallest absolute Gasteiger partial charge is 0.240 e. The summed E-state index contributed by atoms with van der Waals surface area (Å²) in [6.07, 6.45) is 0. The number of benzene rings is 2. The zero-order chi connectivity index (χ0) is 16.5. The summed E-state index contributed by atoms with van der Waals surface area (Å²) in [4.78, 5) is -0.620. The second-order valence-corrected chi connectivity index (χ2v) is 7.36. The highest BCUT2D eigenvalue weighted by Gasteiger charge is 2.16. The first-order valence-electron chi connectivity index (χ1n) is 5.87. The van der Waals surface area contributed by atoms with E-state index in [1.165, 1.54) is 12.1 Å². The average molecular weight is 364 g/mol. The number of nitrogens with two attached hydrogens (primary N) is 1. The number of halogens is 2. The summed E-state index contributed by atoms with van der Waals surface area (Å²) in [5, 5.41) is 5.26. The second kappa shape index (κ2) is 6.43. The number of hydrogen-bond acceptors (Lipinski definition) is 3. The van der Waals surface area contributed by atoms with Gasteiger partial charge in [-0.05, 0) is 41.0 Å². The van der Waals surface area contributed by atoms with Gasteiger partial charge in [-0.25, -0.2) is 22.2 Å². The van der Waals surface area contributed by atoms with Gasteiger partial charge < -0.3 is 4.55 Å². The Hall–Kier alpha value is -1.32. The number of rotatable bonds is 4. The summed E-state index contributed by atoms with van der Waals surface area (Å²) in [6, 6.07) is 8.00. The van der Waals surface area contributed by atoms with Crippen molar-refractivity contribution < 1.29 is 21.6 Å². The van der Waals surface area contributed by atoms with Crippen LogP contribution in [0.25, 0.3) is 11.1 Å². The average Bonchev–Trinajstić information content (AvgIpc) is 2.38. The van der Waals surface area contributed by atoms with Gasteiger partial charge >= 0.3 is 0 Å². The monoisotopic (exact) mass is 363 g/mol. The van der Waals surface area contributed by atoms with E-state index in [1.54, 1.807) is 12.1 Å². The summed E-state index contributed by atoms with van der Waals surface area (Å²) < 4.78 is 56.4. The van der Waals surface area contributed by atoms with Gasteiger partial charge in [0.2, 0.25) is 10.0 Å². The van der Waals surface area contributed by atoms with Crippen molar-refractivity contribution >= 4 is 32.7 Å². The van der Waals surface area contributed by atoms with E-state index >= 15 is 0 Å². The van der Waals surface area contributed by atoms with Gasteiger partial charge in [0.25, 0.3) is 0 Å². The summed E-state index contributed by atoms with van der Waals surface area (Å²) in [6.45, 7) is 0. The van der Waals surface area contributed by atoms with Crippen LogP contribution in [-0.2, 0) is 26.9 Å². The molecule has 0 saturated heterocycles. The molecule has 9 heteroatoms. The van der Waals surface area contributed by atoms with Crippen LogP contribution in [0.3, 0.4) is 0 Å². The van der Waals surface area contributed by atoms with E-state index in [-0.39, 0.29) is 5.75 Å². The van der Waals surface area contributed by atoms with Crippen LogP contribution in [0, 0.1) is 5.82 Å². The minimum absolute atomic E-state index is 0.162. The molecule has 5 nitrogen and oxygen atoms in total. The Morgan fingerprint density at radius 1 is 1.23 bits per heavy atom. The van der Waals surface area contributed by atoms with Crippen LogP contribution < -0.4 is 5.14 Å². The molecule has 0 radical (unpaired) electrons. The number of primary sulfonamides is 1. The Bertz CT molecular complexity index is 855. The molecule has 118 valence electrons. The van der Waals surface area contributed by atoms with Gasteiger partial charge in [-0.1, -0.05) is 23.7 Å². The fourth-order valence-corrected chi connectivity index (χ4v) is 3.25. The van der Waals surface area contributed by atoms with E-state index in [9.17, 15) is 17.0 Å². The molecular weight excluding hydrogens is 353 g/mol. The SMILES string of the molecule is NS(=O)(=O)c1ccc(-c2cc(Cl)ccc2CS(=O)O)cc1F. The van der Waals surface area contributed by atoms with Gasteiger partial charge in [-0.2, -0.15) is 0 Å². The van der Waals surface area contributed by atoms with Gasteiger partial charge in [0.15, 0.2) is 11.1 Å². The molecular formula is C13H11ClFNO4S2. The van der Waals surface area contributed by atoms with E-state index in [0.29, 0.717) is 21.7 Å². The molecule has 0 aliphatic rings. The van der Waals surface area contributed by atoms with Crippen molar-refractivity contribution in [1.29, 1.82) is 0 Å². The maximum absolute atomic E-state index is 13.9. The molecule has 0 amide bonds. The van der Waals surface area contributed by atoms with Gasteiger partial charge in [-0.15, -0.1) is 0 Å². The molecule has 2 aromatic rings. The first-order chi connectivity index (χ1) is 10.2. The minimum Gasteiger partial charge on any atom is -0.306 e. The Labute approximate surface area is 134 Å². The summed E-state index contributed by atoms with van der Waals surface area (Å²) in [5.74, 6) is -1.17. The molecule has 0 aromatic heterocycles. The van der Waals surface area contributed by atoms with E-state index in [2.05, 4.69) is 0 Å². The van der Waals surface area contributed by atoms with Crippen molar-refractivity contribution in [2.24, 2.45) is 5.14 Å². The van der Waals surface area contributed by atoms with Gasteiger partial charge in [0.05, 0.1) is 5.75 Å². The Morgan fingerprint density at radius 3 is 2.45 bits per heavy atom. The highest BCUT2D eigenvalue weighted by Crippen LogP contribution is 2.30. The fourth-order valence-electron chi connectivity index (χ4n) is 1.98. The Kier molecular flexibility index (Phi) is 4.98. The van der Waals surface area contributed by atoms with Crippen molar-refractivity contribution in [2.45, 2.75) is 10.6 Å². The number of sulfonamides is 1. The highest BCUT2D eigenvalue weighted by atomic mass is 35.5. The van der Waals surface area contributed by atoms with E-state index in [1.807, 2.05) is 0 Å². The normalized spacial score (nSPS) is 13.1. The summed E-state index contributed by atoms with van der Waals surface area (Å²) in [5.41, 5.74) is 1.25. The van der Waals surface area contributed by atoms with Crippen molar-refractivity contribution in [2.75, 3.05) is 0 Å². The van der Waals surface area contributed by atoms with Crippen LogP contribution in [0.15, 0.2) is 41.3 Å². The van der Waals surface area contributed by atoms with E-state index in [4.69, 9.17) is 21.3 Å². The molecule has 22 heavy (non-hydrogen) atoms. The van der Waals surface area contributed by atoms with Crippen LogP contribution in [0.4, 0.5) is 4.39 Å². The van der Waals surface area contributed by atoms with Crippen molar-refractivity contribution in [3.63, 3.8) is 0 Å². The zero-order valence-corrected chi connectivity index (χ0v) is 13.4. The topological polar surface area (TPSA) is 97.5 Å². The van der Waals surface area contributed by atoms with Gasteiger partial charge in [0, 0.05) is 5.02 Å². The van der Waals surface area contributed by atoms with Crippen LogP contribution in [0.2, 0.25) is 5.02 Å². The maximum atomic E-state index is 13.9. The van der Waals surface area contributed by atoms with Crippen molar-refractivity contribution in [3.8, 4) is 11.1 Å². The van der Waals surface area contributed by atoms with E-state index in [0.717, 1.165) is 12.1 Å². The summed E-state index contributed by atoms with van der Waals surface area (Å²) in [7, 11) is -4.16. The lowest BCUT2D eigenvalue weighted by Gasteiger charge is -2.10. The molecule has 2 aromatic carbocycles. The van der Waals surface area contributed by atoms with Crippen LogP contribution in [-0.4, -0.2) is 17.2 Å². The third-order valence-corrected chi connectivity index (χ3v) is 4.64. The first kappa shape index (κ1) is 17.0. The standard InChI is InChI=1S/C13H11ClFNO4S2/c14-10-3-1-9(7-21(17)18)11(6-10)8-2-4-13(12(15)5-8)22(16,19)20/h1-6H,7H2,(H,17,18)(H2,16,19,20). The molecule has 2 rings (SSSR count). The fraction of sp³-hybridized carbons (Fsp3) is 0.0769. The van der Waals surface area contributed by atoms with Crippen LogP contribution in [0.1, 0.15) is 5.56 Å². The molecule has 3 N–H and O–H groups in total. The quantitative estimate of drug-likeness (QED) is 0.815. The lowest BCUT2D eigenvalue weighted by atomic mass is 10.0. The predicted octanol–water partition coefficient (Wildman–Crippen LogP) is 2.52. The van der Waals surface area contributed by atoms with Gasteiger partial charge in [0.1, 0.15) is 10.7 Å². The third kappa shape index (κ3) is 3.90. The summed E-state index contributed by atoms with van der Waals surface area (Å²) >= 11 is 3.82. The lowest BCUT2D eigenvalue weighted by molar-refractivity contribution is 0.563. The second-order valence-electron chi connectivity index (χ2n) is 4.46. The molecule has 0 heterocycles. The minimum atomic E-state index is -4.16. The van der Waals surface area contributed by atoms with Crippen molar-refractivity contribution in [1.82, 2.24) is 0 Å². The molecule has 0 saturated carbocycles. The largest absolute Gasteiger partial charge is 0.306 e. The maximum Gasteiger partial charge on any atom is 0.240 e. The predicted molar refractivity (Wildman–Crippen MR) is 82.7 cm³/mol.